The predicted octanol–water partition coefficient (Wildman–Crippen LogP) is 0.801. The molecule has 0 amide bonds. The van der Waals surface area contributed by atoms with Crippen LogP contribution in [-0.2, 0) is 4.74 Å². The van der Waals surface area contributed by atoms with Gasteiger partial charge in [-0.25, -0.2) is 0 Å². The van der Waals surface area contributed by atoms with Crippen molar-refractivity contribution < 1.29 is 20.1 Å². The van der Waals surface area contributed by atoms with Crippen LogP contribution >= 0.6 is 0 Å². The second kappa shape index (κ2) is 3.65. The summed E-state index contributed by atoms with van der Waals surface area (Å²) in [5, 5.41) is 30.1. The normalized spacial score (nSPS) is 39.6. The number of benzene rings is 1. The number of hydrogen-bond donors (Lipinski definition) is 3. The SMILES string of the molecule is O[C@@H]1C=CCC2(O1)[C@H](O)c1ccccc1[C@@H]2O. The Balaban J connectivity index is 2.08. The van der Waals surface area contributed by atoms with Crippen molar-refractivity contribution in [3.8, 4) is 0 Å². The summed E-state index contributed by atoms with van der Waals surface area (Å²) in [5.41, 5.74) is 0.183. The van der Waals surface area contributed by atoms with Gasteiger partial charge in [0.15, 0.2) is 6.29 Å². The monoisotopic (exact) mass is 234 g/mol. The topological polar surface area (TPSA) is 69.9 Å². The molecule has 4 atom stereocenters. The Morgan fingerprint density at radius 3 is 2.18 bits per heavy atom. The molecule has 0 saturated carbocycles. The summed E-state index contributed by atoms with van der Waals surface area (Å²) in [4.78, 5) is 0. The first-order valence-electron chi connectivity index (χ1n) is 5.62. The molecule has 1 heterocycles. The van der Waals surface area contributed by atoms with Crippen molar-refractivity contribution in [1.29, 1.82) is 0 Å². The van der Waals surface area contributed by atoms with Crippen molar-refractivity contribution in [3.05, 3.63) is 47.5 Å². The molecule has 2 aliphatic rings. The first-order chi connectivity index (χ1) is 8.15. The minimum absolute atomic E-state index is 0.376. The van der Waals surface area contributed by atoms with E-state index in [1.165, 1.54) is 6.08 Å². The van der Waals surface area contributed by atoms with Crippen LogP contribution in [0.25, 0.3) is 0 Å². The summed E-state index contributed by atoms with van der Waals surface area (Å²) < 4.78 is 5.41. The van der Waals surface area contributed by atoms with Crippen LogP contribution in [0.5, 0.6) is 0 Å². The summed E-state index contributed by atoms with van der Waals surface area (Å²) in [5.74, 6) is 0. The molecule has 4 heteroatoms. The molecule has 1 unspecified atom stereocenters. The van der Waals surface area contributed by atoms with E-state index in [0.717, 1.165) is 0 Å². The molecule has 0 bridgehead atoms. The minimum atomic E-state index is -1.15. The third kappa shape index (κ3) is 1.39. The molecule has 90 valence electrons. The van der Waals surface area contributed by atoms with Crippen molar-refractivity contribution in [2.24, 2.45) is 0 Å². The van der Waals surface area contributed by atoms with Crippen LogP contribution in [0.4, 0.5) is 0 Å². The van der Waals surface area contributed by atoms with Gasteiger partial charge < -0.3 is 20.1 Å². The molecule has 1 aliphatic heterocycles. The highest BCUT2D eigenvalue weighted by molar-refractivity contribution is 5.41. The van der Waals surface area contributed by atoms with Crippen LogP contribution in [0.2, 0.25) is 0 Å². The van der Waals surface area contributed by atoms with Crippen LogP contribution in [0, 0.1) is 0 Å². The van der Waals surface area contributed by atoms with Gasteiger partial charge >= 0.3 is 0 Å². The second-order valence-electron chi connectivity index (χ2n) is 4.53. The van der Waals surface area contributed by atoms with Crippen molar-refractivity contribution in [2.45, 2.75) is 30.5 Å². The van der Waals surface area contributed by atoms with Crippen LogP contribution < -0.4 is 0 Å². The lowest BCUT2D eigenvalue weighted by molar-refractivity contribution is -0.239. The molecule has 1 aromatic rings. The quantitative estimate of drug-likeness (QED) is 0.581. The van der Waals surface area contributed by atoms with E-state index < -0.39 is 24.1 Å². The summed E-state index contributed by atoms with van der Waals surface area (Å²) in [7, 11) is 0. The Morgan fingerprint density at radius 1 is 1.06 bits per heavy atom. The zero-order valence-corrected chi connectivity index (χ0v) is 9.15. The summed E-state index contributed by atoms with van der Waals surface area (Å²) in [6.45, 7) is 0. The molecule has 0 saturated heterocycles. The molecule has 17 heavy (non-hydrogen) atoms. The van der Waals surface area contributed by atoms with Gasteiger partial charge in [-0.3, -0.25) is 0 Å². The van der Waals surface area contributed by atoms with E-state index in [1.54, 1.807) is 18.2 Å². The fraction of sp³-hybridized carbons (Fsp3) is 0.385. The average molecular weight is 234 g/mol. The van der Waals surface area contributed by atoms with Crippen LogP contribution in [0.1, 0.15) is 29.8 Å². The minimum Gasteiger partial charge on any atom is -0.385 e. The maximum absolute atomic E-state index is 10.3. The molecule has 3 N–H and O–H groups in total. The van der Waals surface area contributed by atoms with Gasteiger partial charge in [0.05, 0.1) is 0 Å². The number of rotatable bonds is 0. The molecule has 3 rings (SSSR count). The Hall–Kier alpha value is -1.20. The lowest BCUT2D eigenvalue weighted by atomic mass is 9.89. The molecule has 0 radical (unpaired) electrons. The Bertz CT molecular complexity index is 439. The number of aliphatic hydroxyl groups excluding tert-OH is 3. The first kappa shape index (κ1) is 10.9. The van der Waals surface area contributed by atoms with E-state index in [9.17, 15) is 15.3 Å². The molecular formula is C13H14O4. The maximum Gasteiger partial charge on any atom is 0.175 e. The Morgan fingerprint density at radius 2 is 1.65 bits per heavy atom. The summed E-state index contributed by atoms with van der Waals surface area (Å²) in [6, 6.07) is 7.16. The zero-order chi connectivity index (χ0) is 12.0. The number of ether oxygens (including phenoxy) is 1. The smallest absolute Gasteiger partial charge is 0.175 e. The maximum atomic E-state index is 10.3. The number of hydrogen-bond acceptors (Lipinski definition) is 4. The molecular weight excluding hydrogens is 220 g/mol. The van der Waals surface area contributed by atoms with E-state index in [2.05, 4.69) is 0 Å². The molecule has 0 fully saturated rings. The van der Waals surface area contributed by atoms with Gasteiger partial charge in [0.1, 0.15) is 17.8 Å². The molecule has 0 aromatic heterocycles. The molecule has 4 nitrogen and oxygen atoms in total. The fourth-order valence-corrected chi connectivity index (χ4v) is 2.72. The molecule has 1 aromatic carbocycles. The predicted molar refractivity (Wildman–Crippen MR) is 59.9 cm³/mol. The van der Waals surface area contributed by atoms with Crippen molar-refractivity contribution >= 4 is 0 Å². The number of fused-ring (bicyclic) bond motifs is 1. The first-order valence-corrected chi connectivity index (χ1v) is 5.62. The molecule has 1 spiro atoms. The van der Waals surface area contributed by atoms with E-state index in [1.807, 2.05) is 12.1 Å². The van der Waals surface area contributed by atoms with Gasteiger partial charge in [-0.05, 0) is 17.2 Å². The zero-order valence-electron chi connectivity index (χ0n) is 9.15. The lowest BCUT2D eigenvalue weighted by Crippen LogP contribution is -2.44. The fourth-order valence-electron chi connectivity index (χ4n) is 2.72. The average Bonchev–Trinajstić information content (AvgIpc) is 2.54. The van der Waals surface area contributed by atoms with E-state index in [-0.39, 0.29) is 0 Å². The van der Waals surface area contributed by atoms with Crippen LogP contribution in [-0.4, -0.2) is 27.2 Å². The van der Waals surface area contributed by atoms with Crippen LogP contribution in [0.15, 0.2) is 36.4 Å². The molecule has 1 aliphatic carbocycles. The van der Waals surface area contributed by atoms with Crippen molar-refractivity contribution in [2.75, 3.05) is 0 Å². The Kier molecular flexibility index (Phi) is 2.34. The van der Waals surface area contributed by atoms with Crippen molar-refractivity contribution in [3.63, 3.8) is 0 Å². The van der Waals surface area contributed by atoms with E-state index in [0.29, 0.717) is 17.5 Å². The lowest BCUT2D eigenvalue weighted by Gasteiger charge is -2.38. The summed E-state index contributed by atoms with van der Waals surface area (Å²) in [6.07, 6.45) is 0.685. The largest absolute Gasteiger partial charge is 0.385 e. The third-order valence-electron chi connectivity index (χ3n) is 3.59. The van der Waals surface area contributed by atoms with Gasteiger partial charge in [0.25, 0.3) is 0 Å². The standard InChI is InChI=1S/C13H14O4/c14-10-6-3-7-13(17-10)11(15)8-4-1-2-5-9(8)12(13)16/h1-6,10-12,14-16H,7H2/t10-,11-,12+,13?/m0/s1. The van der Waals surface area contributed by atoms with Gasteiger partial charge in [0.2, 0.25) is 0 Å². The van der Waals surface area contributed by atoms with Gasteiger partial charge in [-0.15, -0.1) is 0 Å². The summed E-state index contributed by atoms with van der Waals surface area (Å²) >= 11 is 0. The Labute approximate surface area is 98.8 Å². The van der Waals surface area contributed by atoms with E-state index >= 15 is 0 Å². The second-order valence-corrected chi connectivity index (χ2v) is 4.53. The highest BCUT2D eigenvalue weighted by atomic mass is 16.6. The van der Waals surface area contributed by atoms with Gasteiger partial charge in [0, 0.05) is 6.42 Å². The number of aliphatic hydroxyl groups is 3. The highest BCUT2D eigenvalue weighted by Crippen LogP contribution is 2.52. The van der Waals surface area contributed by atoms with Gasteiger partial charge in [-0.2, -0.15) is 0 Å². The van der Waals surface area contributed by atoms with Crippen molar-refractivity contribution in [1.82, 2.24) is 0 Å². The van der Waals surface area contributed by atoms with Gasteiger partial charge in [-0.1, -0.05) is 30.3 Å². The highest BCUT2D eigenvalue weighted by Gasteiger charge is 2.54. The van der Waals surface area contributed by atoms with Crippen LogP contribution in [0.3, 0.4) is 0 Å². The third-order valence-corrected chi connectivity index (χ3v) is 3.59. The van der Waals surface area contributed by atoms with E-state index in [4.69, 9.17) is 4.74 Å².